The lowest BCUT2D eigenvalue weighted by molar-refractivity contribution is -0.120. The minimum absolute atomic E-state index is 0.176. The second kappa shape index (κ2) is 5.83. The molecule has 2 aliphatic heterocycles. The van der Waals surface area contributed by atoms with E-state index in [0.29, 0.717) is 48.9 Å². The summed E-state index contributed by atoms with van der Waals surface area (Å²) in [6.07, 6.45) is 2.03. The topological polar surface area (TPSA) is 70.8 Å². The Bertz CT molecular complexity index is 542. The summed E-state index contributed by atoms with van der Waals surface area (Å²) in [6.45, 7) is 1.84. The lowest BCUT2D eigenvalue weighted by Gasteiger charge is -2.36. The smallest absolute Gasteiger partial charge is 0.340 e. The summed E-state index contributed by atoms with van der Waals surface area (Å²) in [6, 6.07) is 4.79. The average Bonchev–Trinajstić information content (AvgIpc) is 2.89. The SMILES string of the molecule is Nc1ccc(Cl)c(C(=O)OC2CCOC3(CCOC3)C2)c1. The second-order valence-electron chi connectivity index (χ2n) is 5.59. The quantitative estimate of drug-likeness (QED) is 0.671. The first-order chi connectivity index (χ1) is 10.1. The lowest BCUT2D eigenvalue weighted by Crippen LogP contribution is -2.43. The summed E-state index contributed by atoms with van der Waals surface area (Å²) in [5.41, 5.74) is 6.19. The molecule has 0 aromatic heterocycles. The van der Waals surface area contributed by atoms with Crippen LogP contribution < -0.4 is 5.73 Å². The Morgan fingerprint density at radius 1 is 1.43 bits per heavy atom. The number of carbonyl (C=O) groups excluding carboxylic acids is 1. The van der Waals surface area contributed by atoms with Crippen LogP contribution in [0.25, 0.3) is 0 Å². The van der Waals surface area contributed by atoms with Gasteiger partial charge in [-0.1, -0.05) is 11.6 Å². The molecule has 114 valence electrons. The van der Waals surface area contributed by atoms with E-state index in [-0.39, 0.29) is 11.7 Å². The predicted molar refractivity (Wildman–Crippen MR) is 78.4 cm³/mol. The lowest BCUT2D eigenvalue weighted by atomic mass is 9.91. The van der Waals surface area contributed by atoms with Crippen LogP contribution in [0.5, 0.6) is 0 Å². The van der Waals surface area contributed by atoms with Gasteiger partial charge in [-0.3, -0.25) is 0 Å². The van der Waals surface area contributed by atoms with Crippen molar-refractivity contribution < 1.29 is 19.0 Å². The van der Waals surface area contributed by atoms with Crippen LogP contribution in [0.4, 0.5) is 5.69 Å². The summed E-state index contributed by atoms with van der Waals surface area (Å²) in [4.78, 5) is 12.3. The Morgan fingerprint density at radius 2 is 2.29 bits per heavy atom. The molecule has 2 atom stereocenters. The maximum absolute atomic E-state index is 12.3. The largest absolute Gasteiger partial charge is 0.459 e. The number of anilines is 1. The number of hydrogen-bond donors (Lipinski definition) is 1. The zero-order valence-corrected chi connectivity index (χ0v) is 12.4. The molecule has 6 heteroatoms. The van der Waals surface area contributed by atoms with Crippen LogP contribution in [0.15, 0.2) is 18.2 Å². The molecule has 2 saturated heterocycles. The first kappa shape index (κ1) is 14.6. The molecule has 5 nitrogen and oxygen atoms in total. The molecular weight excluding hydrogens is 294 g/mol. The van der Waals surface area contributed by atoms with Crippen LogP contribution in [0.1, 0.15) is 29.6 Å². The highest BCUT2D eigenvalue weighted by Crippen LogP contribution is 2.34. The fourth-order valence-electron chi connectivity index (χ4n) is 2.86. The molecule has 2 N–H and O–H groups in total. The highest BCUT2D eigenvalue weighted by molar-refractivity contribution is 6.33. The van der Waals surface area contributed by atoms with Crippen molar-refractivity contribution in [3.8, 4) is 0 Å². The minimum atomic E-state index is -0.437. The molecule has 2 aliphatic rings. The van der Waals surface area contributed by atoms with Crippen LogP contribution in [-0.2, 0) is 14.2 Å². The Labute approximate surface area is 128 Å². The molecule has 1 aromatic rings. The number of hydrogen-bond acceptors (Lipinski definition) is 5. The monoisotopic (exact) mass is 311 g/mol. The number of halogens is 1. The van der Waals surface area contributed by atoms with E-state index in [9.17, 15) is 4.79 Å². The van der Waals surface area contributed by atoms with Gasteiger partial charge in [0.15, 0.2) is 0 Å². The summed E-state index contributed by atoms with van der Waals surface area (Å²) in [5.74, 6) is -0.437. The first-order valence-electron chi connectivity index (χ1n) is 7.06. The Hall–Kier alpha value is -1.30. The number of nitrogen functional groups attached to an aromatic ring is 1. The van der Waals surface area contributed by atoms with Crippen molar-refractivity contribution in [2.24, 2.45) is 0 Å². The van der Waals surface area contributed by atoms with Crippen LogP contribution >= 0.6 is 11.6 Å². The van der Waals surface area contributed by atoms with Gasteiger partial charge in [-0.25, -0.2) is 4.79 Å². The normalized spacial score (nSPS) is 28.7. The third kappa shape index (κ3) is 3.15. The number of nitrogens with two attached hydrogens (primary N) is 1. The number of esters is 1. The summed E-state index contributed by atoms with van der Waals surface area (Å²) in [7, 11) is 0. The van der Waals surface area contributed by atoms with Gasteiger partial charge >= 0.3 is 5.97 Å². The zero-order chi connectivity index (χ0) is 14.9. The third-order valence-electron chi connectivity index (χ3n) is 4.00. The predicted octanol–water partition coefficient (Wildman–Crippen LogP) is 2.42. The molecule has 21 heavy (non-hydrogen) atoms. The molecule has 0 amide bonds. The van der Waals surface area contributed by atoms with Gasteiger partial charge in [0, 0.05) is 31.6 Å². The van der Waals surface area contributed by atoms with Crippen LogP contribution in [0.2, 0.25) is 5.02 Å². The molecule has 1 aromatic carbocycles. The van der Waals surface area contributed by atoms with Gasteiger partial charge in [-0.05, 0) is 18.2 Å². The Kier molecular flexibility index (Phi) is 4.06. The van der Waals surface area contributed by atoms with E-state index in [0.717, 1.165) is 6.42 Å². The first-order valence-corrected chi connectivity index (χ1v) is 7.43. The maximum Gasteiger partial charge on any atom is 0.340 e. The molecule has 3 rings (SSSR count). The van der Waals surface area contributed by atoms with E-state index in [1.165, 1.54) is 0 Å². The molecule has 1 spiro atoms. The average molecular weight is 312 g/mol. The van der Waals surface area contributed by atoms with E-state index in [1.807, 2.05) is 0 Å². The second-order valence-corrected chi connectivity index (χ2v) is 6.00. The Morgan fingerprint density at radius 3 is 3.05 bits per heavy atom. The van der Waals surface area contributed by atoms with Gasteiger partial charge in [-0.15, -0.1) is 0 Å². The number of rotatable bonds is 2. The van der Waals surface area contributed by atoms with Gasteiger partial charge in [0.05, 0.1) is 29.4 Å². The van der Waals surface area contributed by atoms with Crippen LogP contribution in [-0.4, -0.2) is 37.5 Å². The molecule has 2 fully saturated rings. The van der Waals surface area contributed by atoms with Gasteiger partial charge in [-0.2, -0.15) is 0 Å². The van der Waals surface area contributed by atoms with Gasteiger partial charge in [0.1, 0.15) is 6.10 Å². The van der Waals surface area contributed by atoms with E-state index in [2.05, 4.69) is 0 Å². The van der Waals surface area contributed by atoms with E-state index in [4.69, 9.17) is 31.5 Å². The number of benzene rings is 1. The molecule has 0 aliphatic carbocycles. The van der Waals surface area contributed by atoms with Crippen molar-refractivity contribution in [3.05, 3.63) is 28.8 Å². The molecule has 2 unspecified atom stereocenters. The van der Waals surface area contributed by atoms with Gasteiger partial charge < -0.3 is 19.9 Å². The molecule has 0 bridgehead atoms. The Balaban J connectivity index is 1.68. The molecule has 2 heterocycles. The van der Waals surface area contributed by atoms with Crippen molar-refractivity contribution in [1.82, 2.24) is 0 Å². The third-order valence-corrected chi connectivity index (χ3v) is 4.33. The zero-order valence-electron chi connectivity index (χ0n) is 11.6. The van der Waals surface area contributed by atoms with Gasteiger partial charge in [0.25, 0.3) is 0 Å². The number of ether oxygens (including phenoxy) is 3. The summed E-state index contributed by atoms with van der Waals surface area (Å²) >= 11 is 6.03. The fraction of sp³-hybridized carbons (Fsp3) is 0.533. The van der Waals surface area contributed by atoms with Crippen molar-refractivity contribution >= 4 is 23.3 Å². The van der Waals surface area contributed by atoms with Crippen molar-refractivity contribution in [2.75, 3.05) is 25.6 Å². The van der Waals surface area contributed by atoms with Crippen LogP contribution in [0, 0.1) is 0 Å². The molecule has 0 radical (unpaired) electrons. The molecular formula is C15H18ClNO4. The summed E-state index contributed by atoms with van der Waals surface area (Å²) < 4.78 is 16.8. The van der Waals surface area contributed by atoms with Gasteiger partial charge in [0.2, 0.25) is 0 Å². The van der Waals surface area contributed by atoms with Crippen molar-refractivity contribution in [3.63, 3.8) is 0 Å². The number of carbonyl (C=O) groups is 1. The van der Waals surface area contributed by atoms with Crippen molar-refractivity contribution in [2.45, 2.75) is 31.0 Å². The van der Waals surface area contributed by atoms with E-state index >= 15 is 0 Å². The van der Waals surface area contributed by atoms with Crippen LogP contribution in [0.3, 0.4) is 0 Å². The summed E-state index contributed by atoms with van der Waals surface area (Å²) in [5, 5.41) is 0.347. The van der Waals surface area contributed by atoms with E-state index < -0.39 is 5.97 Å². The van der Waals surface area contributed by atoms with E-state index in [1.54, 1.807) is 18.2 Å². The highest BCUT2D eigenvalue weighted by atomic mass is 35.5. The standard InChI is InChI=1S/C15H18ClNO4/c16-13-2-1-10(17)7-12(13)14(18)21-11-3-5-20-15(8-11)4-6-19-9-15/h1-2,7,11H,3-6,8-9,17H2. The minimum Gasteiger partial charge on any atom is -0.459 e. The molecule has 0 saturated carbocycles. The van der Waals surface area contributed by atoms with Crippen molar-refractivity contribution in [1.29, 1.82) is 0 Å². The highest BCUT2D eigenvalue weighted by Gasteiger charge is 2.42. The fourth-order valence-corrected chi connectivity index (χ4v) is 3.06. The maximum atomic E-state index is 12.3.